The van der Waals surface area contributed by atoms with E-state index in [9.17, 15) is 0 Å². The molecule has 0 aliphatic carbocycles. The van der Waals surface area contributed by atoms with Crippen molar-refractivity contribution in [3.8, 4) is 124 Å². The molecule has 0 unspecified atom stereocenters. The summed E-state index contributed by atoms with van der Waals surface area (Å²) in [5, 5.41) is 14.3. The standard InChI is InChI=1S/C106H64N6S2/c1-4-23-68(24-5-1)105-107-94(81-56-54-75(77-29-10-12-31-79(77)81)67-47-43-65(44-48-67)70-51-53-85-83-33-14-18-39-97(83)112(100(85)62-70)74-27-8-3-9-28-74)64-96(110-105)92-61-72(60-91-87-36-17-21-42-102(87)114-104(91)92)66-45-49-69(50-46-66)106-108-93(63-95(109-106)89-38-22-37-88-86-35-16-20-41-101(86)113-103(88)89)82-57-55-76(78-30-11-13-32-80(78)82)71-52-58-99-90(59-71)84-34-15-19-40-98(84)111(99)73-25-6-2-7-26-73/h1-64H. The van der Waals surface area contributed by atoms with Crippen LogP contribution >= 0.6 is 22.7 Å². The van der Waals surface area contributed by atoms with Crippen LogP contribution in [0.4, 0.5) is 0 Å². The number of fused-ring (bicyclic) bond motifs is 14. The predicted molar refractivity (Wildman–Crippen MR) is 481 cm³/mol. The average molecular weight is 1490 g/mol. The maximum absolute atomic E-state index is 5.62. The highest BCUT2D eigenvalue weighted by Crippen LogP contribution is 2.48. The zero-order valence-electron chi connectivity index (χ0n) is 61.5. The van der Waals surface area contributed by atoms with Crippen LogP contribution in [0.1, 0.15) is 0 Å². The zero-order chi connectivity index (χ0) is 74.9. The molecule has 6 aromatic heterocycles. The quantitative estimate of drug-likeness (QED) is 0.122. The van der Waals surface area contributed by atoms with Gasteiger partial charge in [0.15, 0.2) is 11.6 Å². The third kappa shape index (κ3) is 10.8. The molecule has 0 spiro atoms. The molecular weight excluding hydrogens is 1420 g/mol. The number of aromatic nitrogens is 6. The summed E-state index contributed by atoms with van der Waals surface area (Å²) in [7, 11) is 0. The van der Waals surface area contributed by atoms with Crippen molar-refractivity contribution in [2.75, 3.05) is 0 Å². The molecular formula is C106H64N6S2. The Kier molecular flexibility index (Phi) is 15.3. The number of para-hydroxylation sites is 4. The summed E-state index contributed by atoms with van der Waals surface area (Å²) in [6.07, 6.45) is 0. The van der Waals surface area contributed by atoms with E-state index in [1.807, 2.05) is 22.7 Å². The van der Waals surface area contributed by atoms with Gasteiger partial charge in [0.2, 0.25) is 0 Å². The van der Waals surface area contributed by atoms with Crippen molar-refractivity contribution in [2.45, 2.75) is 0 Å². The molecule has 114 heavy (non-hydrogen) atoms. The van der Waals surface area contributed by atoms with E-state index in [0.29, 0.717) is 11.6 Å². The van der Waals surface area contributed by atoms with E-state index in [1.54, 1.807) is 0 Å². The van der Waals surface area contributed by atoms with Gasteiger partial charge in [-0.3, -0.25) is 0 Å². The molecule has 0 radical (unpaired) electrons. The topological polar surface area (TPSA) is 61.4 Å². The van der Waals surface area contributed by atoms with Gasteiger partial charge in [0.05, 0.1) is 44.8 Å². The van der Waals surface area contributed by atoms with Crippen LogP contribution in [0.2, 0.25) is 0 Å². The van der Waals surface area contributed by atoms with Gasteiger partial charge < -0.3 is 9.13 Å². The number of thiophene rings is 2. The Hall–Kier alpha value is -14.5. The van der Waals surface area contributed by atoms with E-state index < -0.39 is 0 Å². The van der Waals surface area contributed by atoms with Crippen LogP contribution in [0.5, 0.6) is 0 Å². The van der Waals surface area contributed by atoms with E-state index in [-0.39, 0.29) is 0 Å². The van der Waals surface area contributed by atoms with Gasteiger partial charge in [0.1, 0.15) is 0 Å². The molecule has 6 nitrogen and oxygen atoms in total. The van der Waals surface area contributed by atoms with Crippen molar-refractivity contribution in [3.05, 3.63) is 388 Å². The fraction of sp³-hybridized carbons (Fsp3) is 0. The number of benzene rings is 17. The lowest BCUT2D eigenvalue weighted by Crippen LogP contribution is -1.97. The van der Waals surface area contributed by atoms with Gasteiger partial charge in [-0.1, -0.05) is 297 Å². The highest BCUT2D eigenvalue weighted by molar-refractivity contribution is 7.26. The lowest BCUT2D eigenvalue weighted by Gasteiger charge is -2.15. The first-order valence-corrected chi connectivity index (χ1v) is 40.3. The van der Waals surface area contributed by atoms with Crippen molar-refractivity contribution in [2.24, 2.45) is 0 Å². The summed E-state index contributed by atoms with van der Waals surface area (Å²) in [5.74, 6) is 1.31. The smallest absolute Gasteiger partial charge is 0.160 e. The fourth-order valence-corrected chi connectivity index (χ4v) is 20.1. The third-order valence-electron chi connectivity index (χ3n) is 23.0. The molecule has 0 bridgehead atoms. The molecule has 8 heteroatoms. The van der Waals surface area contributed by atoms with Crippen LogP contribution in [-0.2, 0) is 0 Å². The molecule has 0 atom stereocenters. The van der Waals surface area contributed by atoms with Gasteiger partial charge in [0.25, 0.3) is 0 Å². The molecule has 0 aliphatic rings. The first kappa shape index (κ1) is 65.4. The third-order valence-corrected chi connectivity index (χ3v) is 25.5. The maximum Gasteiger partial charge on any atom is 0.160 e. The lowest BCUT2D eigenvalue weighted by molar-refractivity contribution is 1.18. The number of rotatable bonds is 12. The zero-order valence-corrected chi connectivity index (χ0v) is 63.1. The predicted octanol–water partition coefficient (Wildman–Crippen LogP) is 29.2. The summed E-state index contributed by atoms with van der Waals surface area (Å²) < 4.78 is 9.60. The molecule has 530 valence electrons. The second kappa shape index (κ2) is 26.6. The number of nitrogens with zero attached hydrogens (tertiary/aromatic N) is 6. The molecule has 0 saturated heterocycles. The largest absolute Gasteiger partial charge is 0.309 e. The molecule has 0 fully saturated rings. The van der Waals surface area contributed by atoms with Crippen molar-refractivity contribution in [3.63, 3.8) is 0 Å². The van der Waals surface area contributed by atoms with Gasteiger partial charge in [-0.25, -0.2) is 19.9 Å². The normalized spacial score (nSPS) is 11.9. The highest BCUT2D eigenvalue weighted by atomic mass is 32.1. The van der Waals surface area contributed by atoms with E-state index in [2.05, 4.69) is 397 Å². The van der Waals surface area contributed by atoms with Crippen LogP contribution in [0.25, 0.3) is 229 Å². The van der Waals surface area contributed by atoms with Crippen LogP contribution in [0.15, 0.2) is 388 Å². The molecule has 23 aromatic rings. The van der Waals surface area contributed by atoms with Gasteiger partial charge >= 0.3 is 0 Å². The Morgan fingerprint density at radius 1 is 0.175 bits per heavy atom. The summed E-state index contributed by atoms with van der Waals surface area (Å²) in [6.45, 7) is 0. The van der Waals surface area contributed by atoms with E-state index in [0.717, 1.165) is 128 Å². The SMILES string of the molecule is c1ccc(-c2nc(-c3ccc(-c4ccc(-c5ccc6c7ccccc7n(-c7ccccc7)c6c5)cc4)c4ccccc34)cc(-c3cc(-c4ccc(-c5nc(-c6ccc(-c7ccc8c(c7)c7ccccc7n8-c7ccccc7)c7ccccc67)cc(-c6cccc7c6sc6ccccc67)n5)cc4)cc4c3sc3ccccc34)n2)cc1. The van der Waals surface area contributed by atoms with Gasteiger partial charge in [-0.15, -0.1) is 22.7 Å². The summed E-state index contributed by atoms with van der Waals surface area (Å²) in [6, 6.07) is 141. The average Bonchev–Trinajstić information content (AvgIpc) is 1.55. The van der Waals surface area contributed by atoms with E-state index in [1.165, 1.54) is 89.5 Å². The summed E-state index contributed by atoms with van der Waals surface area (Å²) in [5.41, 5.74) is 25.6. The Balaban J connectivity index is 0.632. The minimum Gasteiger partial charge on any atom is -0.309 e. The lowest BCUT2D eigenvalue weighted by atomic mass is 9.92. The molecule has 0 aliphatic heterocycles. The minimum absolute atomic E-state index is 0.648. The van der Waals surface area contributed by atoms with Crippen LogP contribution in [-0.4, -0.2) is 29.1 Å². The van der Waals surface area contributed by atoms with Crippen molar-refractivity contribution in [1.82, 2.24) is 29.1 Å². The monoisotopic (exact) mass is 1480 g/mol. The highest BCUT2D eigenvalue weighted by Gasteiger charge is 2.24. The fourth-order valence-electron chi connectivity index (χ4n) is 17.6. The summed E-state index contributed by atoms with van der Waals surface area (Å²) in [4.78, 5) is 22.3. The molecule has 0 amide bonds. The second-order valence-corrected chi connectivity index (χ2v) is 31.6. The Bertz CT molecular complexity index is 7830. The van der Waals surface area contributed by atoms with Crippen molar-refractivity contribution < 1.29 is 0 Å². The molecule has 0 N–H and O–H groups in total. The first-order valence-electron chi connectivity index (χ1n) is 38.6. The van der Waals surface area contributed by atoms with Crippen molar-refractivity contribution in [1.29, 1.82) is 0 Å². The van der Waals surface area contributed by atoms with Crippen LogP contribution < -0.4 is 0 Å². The van der Waals surface area contributed by atoms with E-state index in [4.69, 9.17) is 19.9 Å². The van der Waals surface area contributed by atoms with Crippen LogP contribution in [0, 0.1) is 0 Å². The first-order chi connectivity index (χ1) is 56.5. The minimum atomic E-state index is 0.648. The second-order valence-electron chi connectivity index (χ2n) is 29.5. The molecule has 6 heterocycles. The Labute approximate surface area is 664 Å². The molecule has 23 rings (SSSR count). The van der Waals surface area contributed by atoms with Crippen LogP contribution in [0.3, 0.4) is 0 Å². The maximum atomic E-state index is 5.62. The Morgan fingerprint density at radius 2 is 0.553 bits per heavy atom. The Morgan fingerprint density at radius 3 is 1.15 bits per heavy atom. The van der Waals surface area contributed by atoms with Gasteiger partial charge in [0, 0.05) is 107 Å². The number of hydrogen-bond donors (Lipinski definition) is 0. The molecule has 0 saturated carbocycles. The number of hydrogen-bond acceptors (Lipinski definition) is 6. The van der Waals surface area contributed by atoms with Crippen molar-refractivity contribution >= 4 is 128 Å². The summed E-state index contributed by atoms with van der Waals surface area (Å²) >= 11 is 3.64. The van der Waals surface area contributed by atoms with E-state index >= 15 is 0 Å². The van der Waals surface area contributed by atoms with Gasteiger partial charge in [-0.2, -0.15) is 0 Å². The molecule has 17 aromatic carbocycles. The van der Waals surface area contributed by atoms with Gasteiger partial charge in [-0.05, 0) is 157 Å².